The van der Waals surface area contributed by atoms with Crippen molar-refractivity contribution in [1.82, 2.24) is 20.3 Å². The molecule has 1 aromatic heterocycles. The molecule has 7 nitrogen and oxygen atoms in total. The first-order valence-corrected chi connectivity index (χ1v) is 9.47. The topological polar surface area (TPSA) is 66.1 Å². The van der Waals surface area contributed by atoms with Gasteiger partial charge in [0, 0.05) is 64.4 Å². The fourth-order valence-electron chi connectivity index (χ4n) is 4.02. The summed E-state index contributed by atoms with van der Waals surface area (Å²) in [7, 11) is 3.68. The van der Waals surface area contributed by atoms with E-state index in [-0.39, 0.29) is 35.0 Å². The summed E-state index contributed by atoms with van der Waals surface area (Å²) in [6.07, 6.45) is 1.00. The van der Waals surface area contributed by atoms with Gasteiger partial charge in [-0.1, -0.05) is 19.0 Å². The second-order valence-corrected chi connectivity index (χ2v) is 8.30. The summed E-state index contributed by atoms with van der Waals surface area (Å²) in [4.78, 5) is 9.29. The van der Waals surface area contributed by atoms with Crippen molar-refractivity contribution in [3.8, 4) is 0 Å². The van der Waals surface area contributed by atoms with Crippen LogP contribution < -0.4 is 5.32 Å². The minimum atomic E-state index is -0.0715. The molecule has 0 amide bonds. The number of guanidine groups is 1. The second kappa shape index (κ2) is 8.65. The Balaban J connectivity index is 0.00000261. The van der Waals surface area contributed by atoms with Crippen LogP contribution in [0.25, 0.3) is 0 Å². The van der Waals surface area contributed by atoms with Crippen molar-refractivity contribution in [1.29, 1.82) is 0 Å². The van der Waals surface area contributed by atoms with E-state index in [4.69, 9.17) is 9.26 Å². The molecule has 1 N–H and O–H groups in total. The van der Waals surface area contributed by atoms with E-state index in [1.807, 2.05) is 27.1 Å². The molecule has 0 spiro atoms. The summed E-state index contributed by atoms with van der Waals surface area (Å²) < 4.78 is 10.9. The van der Waals surface area contributed by atoms with Crippen LogP contribution in [0.5, 0.6) is 0 Å². The Morgan fingerprint density at radius 3 is 2.48 bits per heavy atom. The lowest BCUT2D eigenvalue weighted by Crippen LogP contribution is -2.70. The van der Waals surface area contributed by atoms with Crippen molar-refractivity contribution in [3.05, 3.63) is 17.5 Å². The van der Waals surface area contributed by atoms with Crippen LogP contribution in [0.15, 0.2) is 15.6 Å². The minimum Gasteiger partial charge on any atom is -0.378 e. The van der Waals surface area contributed by atoms with E-state index in [1.165, 1.54) is 0 Å². The van der Waals surface area contributed by atoms with Crippen LogP contribution in [0.2, 0.25) is 0 Å². The Kier molecular flexibility index (Phi) is 7.18. The fourth-order valence-corrected chi connectivity index (χ4v) is 4.02. The smallest absolute Gasteiger partial charge is 0.193 e. The molecule has 8 heteroatoms. The Morgan fingerprint density at radius 2 is 2.00 bits per heavy atom. The zero-order chi connectivity index (χ0) is 18.9. The van der Waals surface area contributed by atoms with Gasteiger partial charge in [-0.25, -0.2) is 0 Å². The third-order valence-corrected chi connectivity index (χ3v) is 6.53. The molecular weight excluding hydrogens is 457 g/mol. The number of nitrogens with one attached hydrogen (secondary N) is 1. The molecule has 1 aromatic rings. The standard InChI is InChI=1S/C19H33N5O2.HI/c1-14-11-15(22-26-14)13-23-7-9-24(10-8-23)17(20-5)21-16-12-19(4,25-6)18(16,2)3;/h11,16H,7-10,12-13H2,1-6H3,(H,20,21);1H. The first-order valence-electron chi connectivity index (χ1n) is 9.47. The predicted molar refractivity (Wildman–Crippen MR) is 118 cm³/mol. The number of aromatic nitrogens is 1. The Labute approximate surface area is 179 Å². The van der Waals surface area contributed by atoms with E-state index >= 15 is 0 Å². The summed E-state index contributed by atoms with van der Waals surface area (Å²) in [5, 5.41) is 7.77. The van der Waals surface area contributed by atoms with Crippen LogP contribution in [0.3, 0.4) is 0 Å². The van der Waals surface area contributed by atoms with Gasteiger partial charge in [0.15, 0.2) is 5.96 Å². The lowest BCUT2D eigenvalue weighted by atomic mass is 9.56. The largest absolute Gasteiger partial charge is 0.378 e. The van der Waals surface area contributed by atoms with E-state index < -0.39 is 0 Å². The monoisotopic (exact) mass is 491 g/mol. The molecule has 154 valence electrons. The van der Waals surface area contributed by atoms with Gasteiger partial charge in [0.2, 0.25) is 0 Å². The molecular formula is C19H34IN5O2. The van der Waals surface area contributed by atoms with Crippen molar-refractivity contribution in [2.75, 3.05) is 40.3 Å². The number of nitrogens with zero attached hydrogens (tertiary/aromatic N) is 4. The summed E-state index contributed by atoms with van der Waals surface area (Å²) in [5.41, 5.74) is 1.01. The van der Waals surface area contributed by atoms with Crippen LogP contribution in [0.1, 0.15) is 38.6 Å². The van der Waals surface area contributed by atoms with Crippen LogP contribution >= 0.6 is 24.0 Å². The molecule has 27 heavy (non-hydrogen) atoms. The number of hydrogen-bond donors (Lipinski definition) is 1. The molecule has 1 aliphatic heterocycles. The van der Waals surface area contributed by atoms with Gasteiger partial charge < -0.3 is 19.5 Å². The number of ether oxygens (including phenoxy) is 1. The highest BCUT2D eigenvalue weighted by atomic mass is 127. The summed E-state index contributed by atoms with van der Waals surface area (Å²) in [6.45, 7) is 13.4. The predicted octanol–water partition coefficient (Wildman–Crippen LogP) is 2.50. The molecule has 0 radical (unpaired) electrons. The zero-order valence-corrected chi connectivity index (χ0v) is 19.7. The highest BCUT2D eigenvalue weighted by Crippen LogP contribution is 2.51. The Bertz CT molecular complexity index is 654. The summed E-state index contributed by atoms with van der Waals surface area (Å²) in [6, 6.07) is 2.39. The SMILES string of the molecule is CN=C(NC1CC(C)(OC)C1(C)C)N1CCN(Cc2cc(C)on2)CC1.I. The van der Waals surface area contributed by atoms with Gasteiger partial charge in [-0.05, 0) is 20.3 Å². The van der Waals surface area contributed by atoms with Crippen LogP contribution in [-0.2, 0) is 11.3 Å². The minimum absolute atomic E-state index is 0. The lowest BCUT2D eigenvalue weighted by molar-refractivity contribution is -0.177. The highest BCUT2D eigenvalue weighted by molar-refractivity contribution is 14.0. The molecule has 0 aromatic carbocycles. The fraction of sp³-hybridized carbons (Fsp3) is 0.789. The van der Waals surface area contributed by atoms with Gasteiger partial charge in [-0.3, -0.25) is 9.89 Å². The Hall–Kier alpha value is -0.870. The van der Waals surface area contributed by atoms with Gasteiger partial charge in [0.05, 0.1) is 11.3 Å². The maximum absolute atomic E-state index is 5.74. The third kappa shape index (κ3) is 4.42. The van der Waals surface area contributed by atoms with E-state index in [9.17, 15) is 0 Å². The molecule has 1 aliphatic carbocycles. The second-order valence-electron chi connectivity index (χ2n) is 8.30. The number of halogens is 1. The van der Waals surface area contributed by atoms with Gasteiger partial charge >= 0.3 is 0 Å². The molecule has 2 unspecified atom stereocenters. The Morgan fingerprint density at radius 1 is 1.33 bits per heavy atom. The average Bonchev–Trinajstić information content (AvgIpc) is 3.03. The molecule has 2 fully saturated rings. The van der Waals surface area contributed by atoms with Gasteiger partial charge in [-0.15, -0.1) is 24.0 Å². The first-order chi connectivity index (χ1) is 12.3. The molecule has 1 saturated heterocycles. The van der Waals surface area contributed by atoms with Crippen LogP contribution in [0, 0.1) is 12.3 Å². The van der Waals surface area contributed by atoms with Gasteiger partial charge in [0.25, 0.3) is 0 Å². The number of rotatable bonds is 4. The maximum atomic E-state index is 5.74. The molecule has 3 rings (SSSR count). The third-order valence-electron chi connectivity index (χ3n) is 6.53. The molecule has 0 bridgehead atoms. The number of piperazine rings is 1. The van der Waals surface area contributed by atoms with Crippen molar-refractivity contribution < 1.29 is 9.26 Å². The normalized spacial score (nSPS) is 28.4. The molecule has 1 saturated carbocycles. The number of aryl methyl sites for hydroxylation is 1. The van der Waals surface area contributed by atoms with Gasteiger partial charge in [0.1, 0.15) is 5.76 Å². The van der Waals surface area contributed by atoms with Crippen LogP contribution in [-0.4, -0.2) is 72.9 Å². The summed E-state index contributed by atoms with van der Waals surface area (Å²) >= 11 is 0. The summed E-state index contributed by atoms with van der Waals surface area (Å²) in [5.74, 6) is 1.87. The molecule has 2 aliphatic rings. The molecule has 2 atom stereocenters. The quantitative estimate of drug-likeness (QED) is 0.397. The van der Waals surface area contributed by atoms with E-state index in [0.29, 0.717) is 6.04 Å². The van der Waals surface area contributed by atoms with E-state index in [1.54, 1.807) is 0 Å². The zero-order valence-electron chi connectivity index (χ0n) is 17.4. The van der Waals surface area contributed by atoms with E-state index in [0.717, 1.165) is 56.6 Å². The van der Waals surface area contributed by atoms with Crippen molar-refractivity contribution in [2.24, 2.45) is 10.4 Å². The lowest BCUT2D eigenvalue weighted by Gasteiger charge is -2.59. The average molecular weight is 491 g/mol. The highest BCUT2D eigenvalue weighted by Gasteiger charge is 2.58. The first kappa shape index (κ1) is 22.4. The molecule has 2 heterocycles. The number of methoxy groups -OCH3 is 1. The number of hydrogen-bond acceptors (Lipinski definition) is 5. The van der Waals surface area contributed by atoms with Gasteiger partial charge in [-0.2, -0.15) is 0 Å². The van der Waals surface area contributed by atoms with Crippen molar-refractivity contribution >= 4 is 29.9 Å². The van der Waals surface area contributed by atoms with Crippen molar-refractivity contribution in [2.45, 2.75) is 52.3 Å². The van der Waals surface area contributed by atoms with Crippen LogP contribution in [0.4, 0.5) is 0 Å². The maximum Gasteiger partial charge on any atom is 0.193 e. The van der Waals surface area contributed by atoms with E-state index in [2.05, 4.69) is 46.0 Å². The number of aliphatic imine (C=N–C) groups is 1. The van der Waals surface area contributed by atoms with Crippen molar-refractivity contribution in [3.63, 3.8) is 0 Å².